The second-order valence-corrected chi connectivity index (χ2v) is 9.01. The molecule has 9 heteroatoms. The fourth-order valence-corrected chi connectivity index (χ4v) is 3.87. The number of unbranched alkanes of at least 4 members (excludes halogenated alkanes) is 1. The highest BCUT2D eigenvalue weighted by Gasteiger charge is 2.24. The summed E-state index contributed by atoms with van der Waals surface area (Å²) in [6.45, 7) is 9.35. The Hall–Kier alpha value is -3.00. The van der Waals surface area contributed by atoms with Crippen LogP contribution in [-0.2, 0) is 18.4 Å². The summed E-state index contributed by atoms with van der Waals surface area (Å²) in [7, 11) is 0. The molecule has 3 aromatic heterocycles. The Labute approximate surface area is 186 Å². The molecule has 4 aromatic rings. The lowest BCUT2D eigenvalue weighted by Gasteiger charge is -2.20. The summed E-state index contributed by atoms with van der Waals surface area (Å²) in [5.41, 5.74) is 4.26. The largest absolute Gasteiger partial charge is 0.313 e. The van der Waals surface area contributed by atoms with Crippen LogP contribution in [0.5, 0.6) is 0 Å². The second kappa shape index (κ2) is 8.63. The summed E-state index contributed by atoms with van der Waals surface area (Å²) in [6, 6.07) is 10.5. The van der Waals surface area contributed by atoms with Crippen LogP contribution in [0.3, 0.4) is 0 Å². The Balaban J connectivity index is 1.64. The van der Waals surface area contributed by atoms with Crippen LogP contribution < -0.4 is 0 Å². The smallest absolute Gasteiger partial charge is 0.242 e. The number of benzene rings is 1. The molecule has 8 nitrogen and oxygen atoms in total. The van der Waals surface area contributed by atoms with Crippen LogP contribution in [0.25, 0.3) is 17.2 Å². The van der Waals surface area contributed by atoms with Crippen LogP contribution in [0.1, 0.15) is 57.5 Å². The summed E-state index contributed by atoms with van der Waals surface area (Å²) in [6.07, 6.45) is 5.11. The van der Waals surface area contributed by atoms with E-state index in [1.165, 1.54) is 5.56 Å². The molecule has 0 bridgehead atoms. The van der Waals surface area contributed by atoms with Gasteiger partial charge < -0.3 is 4.57 Å². The molecule has 3 heterocycles. The molecule has 0 aliphatic heterocycles. The summed E-state index contributed by atoms with van der Waals surface area (Å²) in [5, 5.41) is 19.3. The molecule has 0 amide bonds. The van der Waals surface area contributed by atoms with Crippen LogP contribution >= 0.6 is 11.6 Å². The molecule has 0 aliphatic rings. The first kappa shape index (κ1) is 21.2. The van der Waals surface area contributed by atoms with Crippen LogP contribution in [-0.4, -0.2) is 40.0 Å². The number of H-pyrrole nitrogens is 1. The predicted octanol–water partition coefficient (Wildman–Crippen LogP) is 4.59. The highest BCUT2D eigenvalue weighted by molar-refractivity contribution is 6.28. The Morgan fingerprint density at radius 2 is 1.87 bits per heavy atom. The van der Waals surface area contributed by atoms with Gasteiger partial charge in [-0.1, -0.05) is 46.2 Å². The molecule has 0 saturated heterocycles. The van der Waals surface area contributed by atoms with Crippen LogP contribution in [0.15, 0.2) is 36.5 Å². The van der Waals surface area contributed by atoms with Crippen LogP contribution in [0.2, 0.25) is 5.28 Å². The van der Waals surface area contributed by atoms with E-state index in [9.17, 15) is 0 Å². The summed E-state index contributed by atoms with van der Waals surface area (Å²) < 4.78 is 4.01. The number of tetrazole rings is 1. The number of hydrogen-bond acceptors (Lipinski definition) is 5. The lowest BCUT2D eigenvalue weighted by atomic mass is 9.87. The number of nitrogens with zero attached hydrogens (tertiary/aromatic N) is 7. The third-order valence-corrected chi connectivity index (χ3v) is 5.45. The first-order valence-corrected chi connectivity index (χ1v) is 10.9. The van der Waals surface area contributed by atoms with Crippen molar-refractivity contribution in [3.05, 3.63) is 58.8 Å². The number of rotatable bonds is 7. The number of nitrogens with one attached hydrogen (secondary N) is 1. The van der Waals surface area contributed by atoms with Crippen molar-refractivity contribution in [1.29, 1.82) is 0 Å². The fourth-order valence-electron chi connectivity index (χ4n) is 3.68. The molecule has 0 aliphatic carbocycles. The highest BCUT2D eigenvalue weighted by atomic mass is 35.5. The van der Waals surface area contributed by atoms with Gasteiger partial charge in [-0.15, -0.1) is 10.2 Å². The van der Waals surface area contributed by atoms with Crippen molar-refractivity contribution >= 4 is 11.6 Å². The zero-order valence-corrected chi connectivity index (χ0v) is 19.1. The van der Waals surface area contributed by atoms with Gasteiger partial charge in [-0.25, -0.2) is 14.8 Å². The van der Waals surface area contributed by atoms with E-state index >= 15 is 0 Å². The van der Waals surface area contributed by atoms with Crippen molar-refractivity contribution in [2.45, 2.75) is 58.9 Å². The first-order chi connectivity index (χ1) is 14.9. The van der Waals surface area contributed by atoms with Crippen molar-refractivity contribution in [1.82, 2.24) is 40.0 Å². The summed E-state index contributed by atoms with van der Waals surface area (Å²) in [4.78, 5) is 4.37. The van der Waals surface area contributed by atoms with Gasteiger partial charge in [0.15, 0.2) is 5.82 Å². The van der Waals surface area contributed by atoms with Gasteiger partial charge in [-0.05, 0) is 63.2 Å². The SMILES string of the molecule is CCCCc1nc(Cl)nn1Cc1ccc(-n2ccc(C(C)(C)C)c2-c2nnn[nH]2)cc1. The summed E-state index contributed by atoms with van der Waals surface area (Å²) in [5.74, 6) is 1.58. The third-order valence-electron chi connectivity index (χ3n) is 5.29. The number of hydrogen-bond donors (Lipinski definition) is 1. The van der Waals surface area contributed by atoms with Crippen molar-refractivity contribution < 1.29 is 0 Å². The standard InChI is InChI=1S/C22H27ClN8/c1-5-6-7-18-24-21(23)27-31(18)14-15-8-10-16(11-9-15)30-13-12-17(22(2,3)4)19(30)20-25-28-29-26-20/h8-13H,5-7,14H2,1-4H3,(H,25,26,28,29). The topological polar surface area (TPSA) is 90.1 Å². The Morgan fingerprint density at radius 3 is 2.52 bits per heavy atom. The molecule has 4 rings (SSSR count). The molecule has 0 atom stereocenters. The molecule has 0 saturated carbocycles. The van der Waals surface area contributed by atoms with Crippen LogP contribution in [0, 0.1) is 0 Å². The number of aryl methyl sites for hydroxylation is 1. The van der Waals surface area contributed by atoms with E-state index in [4.69, 9.17) is 11.6 Å². The van der Waals surface area contributed by atoms with Gasteiger partial charge >= 0.3 is 0 Å². The Morgan fingerprint density at radius 1 is 1.10 bits per heavy atom. The maximum absolute atomic E-state index is 6.06. The van der Waals surface area contributed by atoms with E-state index in [0.29, 0.717) is 17.7 Å². The molecule has 162 valence electrons. The van der Waals surface area contributed by atoms with Crippen molar-refractivity contribution in [2.75, 3.05) is 0 Å². The zero-order chi connectivity index (χ0) is 22.0. The van der Waals surface area contributed by atoms with Gasteiger partial charge in [0.2, 0.25) is 5.28 Å². The van der Waals surface area contributed by atoms with Gasteiger partial charge in [0, 0.05) is 18.3 Å². The molecule has 0 spiro atoms. The van der Waals surface area contributed by atoms with E-state index in [1.54, 1.807) is 0 Å². The Bertz CT molecular complexity index is 1130. The molecule has 1 aromatic carbocycles. The van der Waals surface area contributed by atoms with Crippen molar-refractivity contribution in [2.24, 2.45) is 0 Å². The minimum absolute atomic E-state index is 0.0471. The molecular formula is C22H27ClN8. The maximum atomic E-state index is 6.06. The van der Waals surface area contributed by atoms with Gasteiger partial charge in [0.05, 0.1) is 12.2 Å². The van der Waals surface area contributed by atoms with Crippen LogP contribution in [0.4, 0.5) is 0 Å². The van der Waals surface area contributed by atoms with Gasteiger partial charge in [-0.2, -0.15) is 0 Å². The van der Waals surface area contributed by atoms with E-state index in [2.05, 4.69) is 99.5 Å². The normalized spacial score (nSPS) is 11.9. The minimum atomic E-state index is -0.0471. The fraction of sp³-hybridized carbons (Fsp3) is 0.409. The Kier molecular flexibility index (Phi) is 5.91. The average molecular weight is 439 g/mol. The molecule has 0 unspecified atom stereocenters. The van der Waals surface area contributed by atoms with E-state index in [-0.39, 0.29) is 5.41 Å². The van der Waals surface area contributed by atoms with E-state index < -0.39 is 0 Å². The summed E-state index contributed by atoms with van der Waals surface area (Å²) >= 11 is 6.06. The lowest BCUT2D eigenvalue weighted by Crippen LogP contribution is -2.13. The zero-order valence-electron chi connectivity index (χ0n) is 18.3. The minimum Gasteiger partial charge on any atom is -0.313 e. The van der Waals surface area contributed by atoms with E-state index in [0.717, 1.165) is 42.0 Å². The van der Waals surface area contributed by atoms with Crippen molar-refractivity contribution in [3.63, 3.8) is 0 Å². The number of halogens is 1. The second-order valence-electron chi connectivity index (χ2n) is 8.67. The average Bonchev–Trinajstić information content (AvgIpc) is 3.46. The molecule has 1 N–H and O–H groups in total. The van der Waals surface area contributed by atoms with Gasteiger partial charge in [0.1, 0.15) is 5.82 Å². The monoisotopic (exact) mass is 438 g/mol. The van der Waals surface area contributed by atoms with Gasteiger partial charge in [0.25, 0.3) is 0 Å². The highest BCUT2D eigenvalue weighted by Crippen LogP contribution is 2.34. The number of aromatic amines is 1. The maximum Gasteiger partial charge on any atom is 0.242 e. The number of aromatic nitrogens is 8. The first-order valence-electron chi connectivity index (χ1n) is 10.5. The lowest BCUT2D eigenvalue weighted by molar-refractivity contribution is 0.591. The quantitative estimate of drug-likeness (QED) is 0.455. The molecule has 0 radical (unpaired) electrons. The third kappa shape index (κ3) is 4.54. The molecule has 0 fully saturated rings. The van der Waals surface area contributed by atoms with Crippen molar-refractivity contribution in [3.8, 4) is 17.2 Å². The molecule has 31 heavy (non-hydrogen) atoms. The van der Waals surface area contributed by atoms with E-state index in [1.807, 2.05) is 4.68 Å². The molecular weight excluding hydrogens is 412 g/mol. The predicted molar refractivity (Wildman–Crippen MR) is 120 cm³/mol. The van der Waals surface area contributed by atoms with Gasteiger partial charge in [-0.3, -0.25) is 0 Å².